The molecule has 0 aliphatic carbocycles. The van der Waals surface area contributed by atoms with Crippen molar-refractivity contribution in [1.82, 2.24) is 19.4 Å². The van der Waals surface area contributed by atoms with Gasteiger partial charge in [0.25, 0.3) is 0 Å². The number of imidazole rings is 1. The van der Waals surface area contributed by atoms with Gasteiger partial charge < -0.3 is 24.4 Å². The van der Waals surface area contributed by atoms with E-state index >= 15 is 0 Å². The molecular weight excluding hydrogens is 574 g/mol. The van der Waals surface area contributed by atoms with E-state index in [-0.39, 0.29) is 5.54 Å². The molecule has 0 bridgehead atoms. The lowest BCUT2D eigenvalue weighted by Crippen LogP contribution is -2.56. The van der Waals surface area contributed by atoms with E-state index in [1.54, 1.807) is 0 Å². The van der Waals surface area contributed by atoms with Crippen molar-refractivity contribution in [3.8, 4) is 11.3 Å². The standard InChI is InChI=1S/C23H32N4O.2C2HF3O2/c1-25-13-14-27-21(20-5-3-2-4-6-20)17-24-22(27)23(25)9-11-26(12-10-23)18-19-7-15-28-16-8-19;2*3-2(4,5)1(6)7/h2-6,17,19H,7-16,18H2,1H3;2*(H,6,7). The maximum absolute atomic E-state index is 10.6. The topological polar surface area (TPSA) is 108 Å². The first-order chi connectivity index (χ1) is 19.6. The van der Waals surface area contributed by atoms with E-state index in [9.17, 15) is 26.3 Å². The summed E-state index contributed by atoms with van der Waals surface area (Å²) in [6, 6.07) is 10.7. The number of ether oxygens (including phenoxy) is 1. The average Bonchev–Trinajstić information content (AvgIpc) is 3.38. The maximum atomic E-state index is 10.6. The molecule has 1 aromatic carbocycles. The Morgan fingerprint density at radius 1 is 0.929 bits per heavy atom. The van der Waals surface area contributed by atoms with Crippen LogP contribution < -0.4 is 0 Å². The van der Waals surface area contributed by atoms with Crippen molar-refractivity contribution in [3.05, 3.63) is 42.4 Å². The van der Waals surface area contributed by atoms with Crippen LogP contribution in [0.4, 0.5) is 26.3 Å². The molecule has 0 radical (unpaired) electrons. The zero-order valence-corrected chi connectivity index (χ0v) is 23.0. The lowest BCUT2D eigenvalue weighted by Gasteiger charge is -2.50. The number of benzene rings is 1. The molecule has 3 aliphatic rings. The monoisotopic (exact) mass is 608 g/mol. The van der Waals surface area contributed by atoms with Crippen molar-refractivity contribution in [3.63, 3.8) is 0 Å². The summed E-state index contributed by atoms with van der Waals surface area (Å²) >= 11 is 0. The highest BCUT2D eigenvalue weighted by atomic mass is 19.4. The summed E-state index contributed by atoms with van der Waals surface area (Å²) in [6.07, 6.45) is -3.26. The van der Waals surface area contributed by atoms with E-state index < -0.39 is 24.3 Å². The highest BCUT2D eigenvalue weighted by molar-refractivity contribution is 5.73. The van der Waals surface area contributed by atoms with Crippen molar-refractivity contribution >= 4 is 11.9 Å². The molecule has 2 N–H and O–H groups in total. The number of likely N-dealkylation sites (N-methyl/N-ethyl adjacent to an activating group) is 1. The van der Waals surface area contributed by atoms with E-state index in [1.807, 2.05) is 0 Å². The van der Waals surface area contributed by atoms with Gasteiger partial charge in [-0.15, -0.1) is 0 Å². The molecule has 1 aromatic heterocycles. The maximum Gasteiger partial charge on any atom is 0.490 e. The molecule has 3 aliphatic heterocycles. The van der Waals surface area contributed by atoms with Gasteiger partial charge in [0.2, 0.25) is 0 Å². The Hall–Kier alpha value is -3.17. The molecule has 5 rings (SSSR count). The number of aromatic nitrogens is 2. The molecule has 234 valence electrons. The number of hydrogen-bond acceptors (Lipinski definition) is 6. The molecule has 2 saturated heterocycles. The van der Waals surface area contributed by atoms with Crippen LogP contribution in [0.5, 0.6) is 0 Å². The fourth-order valence-corrected chi connectivity index (χ4v) is 5.45. The normalized spacial score (nSPS) is 19.6. The number of alkyl halides is 6. The molecule has 1 spiro atoms. The second kappa shape index (κ2) is 13.9. The molecule has 0 amide bonds. The molecule has 2 fully saturated rings. The summed E-state index contributed by atoms with van der Waals surface area (Å²) in [5.74, 6) is -3.41. The summed E-state index contributed by atoms with van der Waals surface area (Å²) < 4.78 is 71.5. The first-order valence-corrected chi connectivity index (χ1v) is 13.4. The number of fused-ring (bicyclic) bond motifs is 2. The Kier molecular flexibility index (Phi) is 11.0. The zero-order valence-electron chi connectivity index (χ0n) is 23.0. The molecule has 0 saturated carbocycles. The first-order valence-electron chi connectivity index (χ1n) is 13.4. The van der Waals surface area contributed by atoms with Gasteiger partial charge in [-0.1, -0.05) is 30.3 Å². The fourth-order valence-electron chi connectivity index (χ4n) is 5.45. The minimum Gasteiger partial charge on any atom is -0.475 e. The lowest BCUT2D eigenvalue weighted by molar-refractivity contribution is -0.193. The molecule has 42 heavy (non-hydrogen) atoms. The van der Waals surface area contributed by atoms with Crippen LogP contribution in [-0.2, 0) is 26.4 Å². The van der Waals surface area contributed by atoms with Gasteiger partial charge in [0.15, 0.2) is 0 Å². The Morgan fingerprint density at radius 2 is 1.45 bits per heavy atom. The number of aliphatic carboxylic acids is 2. The van der Waals surface area contributed by atoms with Crippen LogP contribution in [0.2, 0.25) is 0 Å². The number of carboxylic acids is 2. The van der Waals surface area contributed by atoms with E-state index in [4.69, 9.17) is 29.5 Å². The van der Waals surface area contributed by atoms with Gasteiger partial charge in [0.1, 0.15) is 5.82 Å². The third-order valence-corrected chi connectivity index (χ3v) is 7.76. The van der Waals surface area contributed by atoms with Gasteiger partial charge >= 0.3 is 24.3 Å². The zero-order chi connectivity index (χ0) is 31.1. The van der Waals surface area contributed by atoms with E-state index in [1.165, 1.54) is 62.4 Å². The summed E-state index contributed by atoms with van der Waals surface area (Å²) in [5.41, 5.74) is 2.64. The van der Waals surface area contributed by atoms with Crippen LogP contribution in [0.3, 0.4) is 0 Å². The summed E-state index contributed by atoms with van der Waals surface area (Å²) in [7, 11) is 2.30. The second-order valence-corrected chi connectivity index (χ2v) is 10.4. The van der Waals surface area contributed by atoms with Gasteiger partial charge in [-0.3, -0.25) is 4.90 Å². The molecule has 2 aromatic rings. The van der Waals surface area contributed by atoms with Crippen molar-refractivity contribution in [1.29, 1.82) is 0 Å². The van der Waals surface area contributed by atoms with Crippen molar-refractivity contribution in [2.75, 3.05) is 46.4 Å². The highest BCUT2D eigenvalue weighted by Crippen LogP contribution is 2.41. The molecular formula is C27H34F6N4O5. The van der Waals surface area contributed by atoms with Gasteiger partial charge in [-0.25, -0.2) is 14.6 Å². The molecule has 15 heteroatoms. The Labute approximate surface area is 238 Å². The summed E-state index contributed by atoms with van der Waals surface area (Å²) in [5, 5.41) is 14.2. The summed E-state index contributed by atoms with van der Waals surface area (Å²) in [6.45, 7) is 7.62. The lowest BCUT2D eigenvalue weighted by atomic mass is 9.83. The fraction of sp³-hybridized carbons (Fsp3) is 0.593. The second-order valence-electron chi connectivity index (χ2n) is 10.4. The molecule has 4 heterocycles. The van der Waals surface area contributed by atoms with E-state index in [2.05, 4.69) is 57.9 Å². The van der Waals surface area contributed by atoms with Gasteiger partial charge in [-0.05, 0) is 44.2 Å². The third-order valence-electron chi connectivity index (χ3n) is 7.76. The first kappa shape index (κ1) is 33.3. The Balaban J connectivity index is 0.000000289. The van der Waals surface area contributed by atoms with Gasteiger partial charge in [-0.2, -0.15) is 26.3 Å². The van der Waals surface area contributed by atoms with Crippen LogP contribution in [0.1, 0.15) is 31.5 Å². The van der Waals surface area contributed by atoms with Gasteiger partial charge in [0.05, 0.1) is 17.4 Å². The number of likely N-dealkylation sites (tertiary alicyclic amines) is 1. The number of rotatable bonds is 3. The predicted molar refractivity (Wildman–Crippen MR) is 139 cm³/mol. The minimum absolute atomic E-state index is 0.0947. The Morgan fingerprint density at radius 3 is 1.95 bits per heavy atom. The predicted octanol–water partition coefficient (Wildman–Crippen LogP) is 4.48. The van der Waals surface area contributed by atoms with Crippen LogP contribution in [0.15, 0.2) is 36.5 Å². The average molecular weight is 609 g/mol. The molecule has 0 atom stereocenters. The number of hydrogen-bond donors (Lipinski definition) is 2. The smallest absolute Gasteiger partial charge is 0.475 e. The number of carbonyl (C=O) groups is 2. The highest BCUT2D eigenvalue weighted by Gasteiger charge is 2.46. The van der Waals surface area contributed by atoms with Crippen molar-refractivity contribution in [2.45, 2.75) is 50.1 Å². The van der Waals surface area contributed by atoms with Crippen LogP contribution >= 0.6 is 0 Å². The third kappa shape index (κ3) is 8.44. The van der Waals surface area contributed by atoms with Gasteiger partial charge in [0, 0.05) is 45.9 Å². The number of carboxylic acid groups (broad SMARTS) is 2. The minimum atomic E-state index is -5.08. The quantitative estimate of drug-likeness (QED) is 0.492. The molecule has 0 unspecified atom stereocenters. The SMILES string of the molecule is CN1CCn2c(-c3ccccc3)cnc2C12CCN(CC1CCOCC1)CC2.O=C(O)C(F)(F)F.O=C(O)C(F)(F)F. The largest absolute Gasteiger partial charge is 0.490 e. The van der Waals surface area contributed by atoms with Crippen molar-refractivity contribution in [2.24, 2.45) is 5.92 Å². The van der Waals surface area contributed by atoms with E-state index in [0.717, 1.165) is 32.2 Å². The van der Waals surface area contributed by atoms with E-state index in [0.29, 0.717) is 0 Å². The number of piperidine rings is 1. The Bertz CT molecular complexity index is 1150. The van der Waals surface area contributed by atoms with Crippen molar-refractivity contribution < 1.29 is 50.9 Å². The molecule has 9 nitrogen and oxygen atoms in total. The van der Waals surface area contributed by atoms with Crippen LogP contribution in [-0.4, -0.2) is 100 Å². The van der Waals surface area contributed by atoms with Crippen LogP contribution in [0, 0.1) is 5.92 Å². The number of halogens is 6. The van der Waals surface area contributed by atoms with Crippen LogP contribution in [0.25, 0.3) is 11.3 Å². The summed E-state index contributed by atoms with van der Waals surface area (Å²) in [4.78, 5) is 28.0. The number of nitrogens with zero attached hydrogens (tertiary/aromatic N) is 4.